The van der Waals surface area contributed by atoms with Crippen LogP contribution in [0.25, 0.3) is 10.9 Å². The molecule has 0 saturated carbocycles. The number of aromatic nitrogens is 2. The van der Waals surface area contributed by atoms with Gasteiger partial charge in [0.15, 0.2) is 5.76 Å². The monoisotopic (exact) mass is 643 g/mol. The molecular formula is C34H37N5O6S. The van der Waals surface area contributed by atoms with Gasteiger partial charge in [0, 0.05) is 53.5 Å². The van der Waals surface area contributed by atoms with Crippen LogP contribution < -0.4 is 15.6 Å². The van der Waals surface area contributed by atoms with Gasteiger partial charge in [-0.05, 0) is 80.8 Å². The van der Waals surface area contributed by atoms with Crippen molar-refractivity contribution in [3.8, 4) is 0 Å². The molecule has 1 amide bonds. The lowest BCUT2D eigenvalue weighted by molar-refractivity contribution is 0.0716. The van der Waals surface area contributed by atoms with Crippen LogP contribution in [-0.2, 0) is 29.5 Å². The minimum absolute atomic E-state index is 0.104. The Labute approximate surface area is 266 Å². The average Bonchev–Trinajstić information content (AvgIpc) is 3.64. The minimum atomic E-state index is -3.74. The number of aryl methyl sites for hydroxylation is 1. The maximum atomic E-state index is 13.2. The number of H-pyrrole nitrogens is 1. The Hall–Kier alpha value is -4.65. The number of benzene rings is 3. The first-order valence-electron chi connectivity index (χ1n) is 15.2. The summed E-state index contributed by atoms with van der Waals surface area (Å²) in [6.45, 7) is 5.87. The smallest absolute Gasteiger partial charge is 0.283 e. The zero-order valence-corrected chi connectivity index (χ0v) is 26.5. The summed E-state index contributed by atoms with van der Waals surface area (Å²) in [4.78, 5) is 26.9. The normalized spacial score (nSPS) is 14.3. The van der Waals surface area contributed by atoms with Crippen LogP contribution >= 0.6 is 0 Å². The number of aromatic amines is 1. The Morgan fingerprint density at radius 1 is 1.07 bits per heavy atom. The van der Waals surface area contributed by atoms with Gasteiger partial charge < -0.3 is 24.4 Å². The number of amides is 1. The Kier molecular flexibility index (Phi) is 8.60. The van der Waals surface area contributed by atoms with Crippen molar-refractivity contribution in [3.05, 3.63) is 118 Å². The van der Waals surface area contributed by atoms with E-state index in [4.69, 9.17) is 4.52 Å². The summed E-state index contributed by atoms with van der Waals surface area (Å²) < 4.78 is 35.4. The molecule has 2 aromatic heterocycles. The van der Waals surface area contributed by atoms with Gasteiger partial charge in [0.25, 0.3) is 21.5 Å². The molecule has 11 nitrogen and oxygen atoms in total. The highest BCUT2D eigenvalue weighted by atomic mass is 32.2. The lowest BCUT2D eigenvalue weighted by atomic mass is 9.99. The van der Waals surface area contributed by atoms with Gasteiger partial charge in [-0.15, -0.1) is 0 Å². The predicted octanol–water partition coefficient (Wildman–Crippen LogP) is 4.41. The molecule has 0 bridgehead atoms. The van der Waals surface area contributed by atoms with Gasteiger partial charge in [-0.25, -0.2) is 8.42 Å². The molecule has 12 heteroatoms. The second-order valence-electron chi connectivity index (χ2n) is 12.3. The Morgan fingerprint density at radius 3 is 2.67 bits per heavy atom. The van der Waals surface area contributed by atoms with Crippen LogP contribution in [0.4, 0.5) is 5.69 Å². The quantitative estimate of drug-likeness (QED) is 0.167. The number of hydrogen-bond donors (Lipinski definition) is 4. The number of carbonyl (C=O) groups is 1. The molecule has 0 spiro atoms. The molecule has 3 aromatic carbocycles. The Balaban J connectivity index is 1.04. The van der Waals surface area contributed by atoms with Crippen LogP contribution in [0.5, 0.6) is 0 Å². The lowest BCUT2D eigenvalue weighted by Gasteiger charge is -2.28. The molecule has 46 heavy (non-hydrogen) atoms. The molecule has 3 heterocycles. The van der Waals surface area contributed by atoms with E-state index in [2.05, 4.69) is 33.6 Å². The fourth-order valence-electron chi connectivity index (χ4n) is 5.72. The molecule has 4 N–H and O–H groups in total. The fourth-order valence-corrected chi connectivity index (χ4v) is 6.79. The summed E-state index contributed by atoms with van der Waals surface area (Å²) in [5, 5.41) is 17.7. The van der Waals surface area contributed by atoms with Gasteiger partial charge in [0.2, 0.25) is 0 Å². The number of rotatable bonds is 11. The fraction of sp³-hybridized carbons (Fsp3) is 0.294. The second kappa shape index (κ2) is 12.6. The van der Waals surface area contributed by atoms with E-state index >= 15 is 0 Å². The molecule has 0 fully saturated rings. The van der Waals surface area contributed by atoms with E-state index in [0.29, 0.717) is 47.6 Å². The van der Waals surface area contributed by atoms with E-state index < -0.39 is 16.1 Å². The van der Waals surface area contributed by atoms with Crippen molar-refractivity contribution < 1.29 is 22.8 Å². The lowest BCUT2D eigenvalue weighted by Crippen LogP contribution is -2.42. The number of sulfonamides is 1. The minimum Gasteiger partial charge on any atom is -0.387 e. The maximum absolute atomic E-state index is 13.2. The van der Waals surface area contributed by atoms with E-state index in [1.807, 2.05) is 30.5 Å². The summed E-state index contributed by atoms with van der Waals surface area (Å²) in [6.07, 6.45) is 2.39. The number of anilines is 1. The maximum Gasteiger partial charge on any atom is 0.283 e. The first-order valence-corrected chi connectivity index (χ1v) is 16.7. The van der Waals surface area contributed by atoms with Crippen molar-refractivity contribution in [2.45, 2.75) is 56.3 Å². The van der Waals surface area contributed by atoms with Crippen molar-refractivity contribution >= 4 is 32.5 Å². The van der Waals surface area contributed by atoms with Gasteiger partial charge >= 0.3 is 0 Å². The molecule has 1 aliphatic heterocycles. The van der Waals surface area contributed by atoms with Crippen molar-refractivity contribution in [1.29, 1.82) is 0 Å². The molecule has 0 aliphatic carbocycles. The molecule has 5 aromatic rings. The van der Waals surface area contributed by atoms with Crippen LogP contribution in [-0.4, -0.2) is 52.7 Å². The van der Waals surface area contributed by atoms with E-state index in [1.165, 1.54) is 12.1 Å². The average molecular weight is 644 g/mol. The standard InChI is InChI=1S/C34H37N5O6S/c1-34(2,35-21-30(40)24-7-6-8-26(20-24)37-46(43,44)27-9-4-3-5-10-27)15-18-38-16-13-23-19-25(11-12-29(23)38)33(42)39-17-14-28-31(22-39)45-36-32(28)41/h3-13,16,19-20,30,35,37,40H,14-15,17-18,21-22H2,1-2H3,(H,36,41)/t30-/m0/s1. The first-order chi connectivity index (χ1) is 22.0. The molecule has 6 rings (SSSR count). The highest BCUT2D eigenvalue weighted by Gasteiger charge is 2.27. The van der Waals surface area contributed by atoms with Crippen LogP contribution in [0.3, 0.4) is 0 Å². The predicted molar refractivity (Wildman–Crippen MR) is 175 cm³/mol. The van der Waals surface area contributed by atoms with Crippen molar-refractivity contribution in [3.63, 3.8) is 0 Å². The molecule has 0 saturated heterocycles. The summed E-state index contributed by atoms with van der Waals surface area (Å²) >= 11 is 0. The molecule has 240 valence electrons. The number of aliphatic hydroxyl groups is 1. The van der Waals surface area contributed by atoms with E-state index in [-0.39, 0.29) is 35.0 Å². The Bertz CT molecular complexity index is 2030. The largest absolute Gasteiger partial charge is 0.387 e. The summed E-state index contributed by atoms with van der Waals surface area (Å²) in [5.41, 5.74) is 2.64. The highest BCUT2D eigenvalue weighted by Crippen LogP contribution is 2.24. The van der Waals surface area contributed by atoms with Crippen molar-refractivity contribution in [2.24, 2.45) is 0 Å². The van der Waals surface area contributed by atoms with E-state index in [1.54, 1.807) is 47.4 Å². The van der Waals surface area contributed by atoms with Crippen LogP contribution in [0.2, 0.25) is 0 Å². The van der Waals surface area contributed by atoms with Crippen LogP contribution in [0.1, 0.15) is 53.6 Å². The van der Waals surface area contributed by atoms with Gasteiger partial charge in [0.1, 0.15) is 0 Å². The van der Waals surface area contributed by atoms with Gasteiger partial charge in [0.05, 0.1) is 23.1 Å². The SMILES string of the molecule is CC(C)(CCn1ccc2cc(C(=O)N3CCc4c(o[nH]c4=O)C3)ccc21)NC[C@H](O)c1cccc(NS(=O)(=O)c2ccccc2)c1. The number of nitrogens with zero attached hydrogens (tertiary/aromatic N) is 2. The van der Waals surface area contributed by atoms with Crippen LogP contribution in [0, 0.1) is 0 Å². The Morgan fingerprint density at radius 2 is 1.87 bits per heavy atom. The topological polar surface area (TPSA) is 150 Å². The summed E-state index contributed by atoms with van der Waals surface area (Å²) in [5.74, 6) is 0.410. The zero-order valence-electron chi connectivity index (χ0n) is 25.7. The molecular weight excluding hydrogens is 606 g/mol. The molecule has 1 aliphatic rings. The third-order valence-electron chi connectivity index (χ3n) is 8.48. The van der Waals surface area contributed by atoms with Gasteiger partial charge in [-0.3, -0.25) is 14.3 Å². The first kappa shape index (κ1) is 31.3. The van der Waals surface area contributed by atoms with Crippen molar-refractivity contribution in [1.82, 2.24) is 19.9 Å². The van der Waals surface area contributed by atoms with Crippen LogP contribution in [0.15, 0.2) is 99.3 Å². The number of aliphatic hydroxyl groups excluding tert-OH is 1. The summed E-state index contributed by atoms with van der Waals surface area (Å²) in [7, 11) is -3.74. The summed E-state index contributed by atoms with van der Waals surface area (Å²) in [6, 6.07) is 22.6. The van der Waals surface area contributed by atoms with Crippen molar-refractivity contribution in [2.75, 3.05) is 17.8 Å². The van der Waals surface area contributed by atoms with E-state index in [0.717, 1.165) is 17.3 Å². The number of hydrogen-bond acceptors (Lipinski definition) is 7. The highest BCUT2D eigenvalue weighted by molar-refractivity contribution is 7.92. The number of carbonyl (C=O) groups excluding carboxylic acids is 1. The van der Waals surface area contributed by atoms with Gasteiger partial charge in [-0.2, -0.15) is 5.16 Å². The second-order valence-corrected chi connectivity index (χ2v) is 14.0. The van der Waals surface area contributed by atoms with E-state index in [9.17, 15) is 23.1 Å². The zero-order chi connectivity index (χ0) is 32.5. The number of β-amino-alcohol motifs (C(OH)–C–C–N with tert-alkyl or cyclic N) is 1. The molecule has 0 radical (unpaired) electrons. The number of nitrogens with one attached hydrogen (secondary N) is 3. The third kappa shape index (κ3) is 6.79. The van der Waals surface area contributed by atoms with Gasteiger partial charge in [-0.1, -0.05) is 30.3 Å². The number of fused-ring (bicyclic) bond motifs is 2. The third-order valence-corrected chi connectivity index (χ3v) is 9.87. The molecule has 1 atom stereocenters. The molecule has 0 unspecified atom stereocenters.